The lowest BCUT2D eigenvalue weighted by Gasteiger charge is -2.07. The maximum atomic E-state index is 10.8. The maximum Gasteiger partial charge on any atom is 0.320 e. The summed E-state index contributed by atoms with van der Waals surface area (Å²) in [7, 11) is 0. The SMILES string of the molecule is N[C@@H](CCc1c(O)c(=O)c1=O)C(=O)O. The van der Waals surface area contributed by atoms with E-state index in [9.17, 15) is 14.4 Å². The average Bonchev–Trinajstić information content (AvgIpc) is 2.16. The van der Waals surface area contributed by atoms with Crippen molar-refractivity contribution >= 4 is 5.97 Å². The van der Waals surface area contributed by atoms with Crippen LogP contribution in [-0.2, 0) is 11.2 Å². The van der Waals surface area contributed by atoms with E-state index in [4.69, 9.17) is 15.9 Å². The lowest BCUT2D eigenvalue weighted by atomic mass is 10.0. The molecule has 0 fully saturated rings. The number of aliphatic carboxylic acids is 1. The van der Waals surface area contributed by atoms with Crippen LogP contribution < -0.4 is 16.6 Å². The molecule has 1 rings (SSSR count). The fourth-order valence-corrected chi connectivity index (χ4v) is 1.08. The second-order valence-electron chi connectivity index (χ2n) is 2.97. The quantitative estimate of drug-likeness (QED) is 0.499. The number of hydrogen-bond acceptors (Lipinski definition) is 5. The smallest absolute Gasteiger partial charge is 0.320 e. The van der Waals surface area contributed by atoms with Gasteiger partial charge in [-0.25, -0.2) is 0 Å². The summed E-state index contributed by atoms with van der Waals surface area (Å²) in [5.41, 5.74) is 3.48. The molecule has 1 aromatic rings. The van der Waals surface area contributed by atoms with Gasteiger partial charge in [-0.2, -0.15) is 0 Å². The van der Waals surface area contributed by atoms with Crippen molar-refractivity contribution in [2.75, 3.05) is 0 Å². The molecule has 0 aliphatic rings. The highest BCUT2D eigenvalue weighted by Crippen LogP contribution is 2.11. The number of rotatable bonds is 4. The first kappa shape index (κ1) is 10.4. The molecule has 0 aliphatic heterocycles. The predicted molar refractivity (Wildman–Crippen MR) is 47.0 cm³/mol. The van der Waals surface area contributed by atoms with E-state index in [2.05, 4.69) is 0 Å². The van der Waals surface area contributed by atoms with Crippen LogP contribution in [0.2, 0.25) is 0 Å². The van der Waals surface area contributed by atoms with Gasteiger partial charge >= 0.3 is 5.97 Å². The molecule has 0 unspecified atom stereocenters. The molecule has 0 heterocycles. The third-order valence-electron chi connectivity index (χ3n) is 2.00. The Hall–Kier alpha value is -1.69. The van der Waals surface area contributed by atoms with Gasteiger partial charge in [0.25, 0.3) is 5.43 Å². The fourth-order valence-electron chi connectivity index (χ4n) is 1.08. The molecule has 1 aromatic carbocycles. The van der Waals surface area contributed by atoms with Crippen LogP contribution in [0.3, 0.4) is 0 Å². The van der Waals surface area contributed by atoms with Gasteiger partial charge in [-0.15, -0.1) is 0 Å². The standard InChI is InChI=1S/C8H9NO5/c9-4(8(13)14)2-1-3-5(10)7(12)6(3)11/h4,10H,1-2,9H2,(H,13,14)/t4-/m0/s1. The van der Waals surface area contributed by atoms with Crippen LogP contribution in [0, 0.1) is 0 Å². The second kappa shape index (κ2) is 3.59. The molecular formula is C8H9NO5. The molecule has 0 amide bonds. The Balaban J connectivity index is 2.61. The van der Waals surface area contributed by atoms with Gasteiger partial charge in [0, 0.05) is 5.56 Å². The van der Waals surface area contributed by atoms with Gasteiger partial charge < -0.3 is 15.9 Å². The molecule has 4 N–H and O–H groups in total. The third-order valence-corrected chi connectivity index (χ3v) is 2.00. The molecule has 0 radical (unpaired) electrons. The molecule has 0 saturated carbocycles. The first-order chi connectivity index (χ1) is 6.45. The summed E-state index contributed by atoms with van der Waals surface area (Å²) in [6.07, 6.45) is 0.0393. The van der Waals surface area contributed by atoms with Crippen molar-refractivity contribution < 1.29 is 15.0 Å². The summed E-state index contributed by atoms with van der Waals surface area (Å²) >= 11 is 0. The number of hydrogen-bond donors (Lipinski definition) is 3. The minimum atomic E-state index is -1.18. The summed E-state index contributed by atoms with van der Waals surface area (Å²) < 4.78 is 0. The predicted octanol–water partition coefficient (Wildman–Crippen LogP) is -1.67. The van der Waals surface area contributed by atoms with Crippen LogP contribution in [0.25, 0.3) is 0 Å². The van der Waals surface area contributed by atoms with E-state index < -0.39 is 28.6 Å². The molecular weight excluding hydrogens is 190 g/mol. The van der Waals surface area contributed by atoms with E-state index in [1.54, 1.807) is 0 Å². The molecule has 76 valence electrons. The number of nitrogens with two attached hydrogens (primary N) is 1. The number of carboxylic acids is 1. The topological polar surface area (TPSA) is 118 Å². The van der Waals surface area contributed by atoms with Crippen LogP contribution in [-0.4, -0.2) is 22.2 Å². The summed E-state index contributed by atoms with van der Waals surface area (Å²) in [5.74, 6) is -1.74. The number of aromatic hydroxyl groups is 1. The highest BCUT2D eigenvalue weighted by molar-refractivity contribution is 5.73. The van der Waals surface area contributed by atoms with Crippen LogP contribution in [0.4, 0.5) is 0 Å². The van der Waals surface area contributed by atoms with Crippen molar-refractivity contribution in [1.82, 2.24) is 0 Å². The first-order valence-electron chi connectivity index (χ1n) is 3.94. The van der Waals surface area contributed by atoms with Crippen LogP contribution in [0.1, 0.15) is 12.0 Å². The number of carbonyl (C=O) groups is 1. The molecule has 1 atom stereocenters. The lowest BCUT2D eigenvalue weighted by Crippen LogP contribution is -2.37. The highest BCUT2D eigenvalue weighted by atomic mass is 16.4. The van der Waals surface area contributed by atoms with Gasteiger partial charge in [-0.3, -0.25) is 14.4 Å². The Bertz CT molecular complexity index is 429. The molecule has 0 aromatic heterocycles. The number of carboxylic acid groups (broad SMARTS) is 1. The third kappa shape index (κ3) is 1.64. The Labute approximate surface area is 78.3 Å². The van der Waals surface area contributed by atoms with E-state index in [0.29, 0.717) is 0 Å². The molecule has 0 saturated heterocycles. The van der Waals surface area contributed by atoms with Crippen molar-refractivity contribution in [3.63, 3.8) is 0 Å². The summed E-state index contributed by atoms with van der Waals surface area (Å²) in [5, 5.41) is 17.3. The monoisotopic (exact) mass is 199 g/mol. The van der Waals surface area contributed by atoms with Gasteiger partial charge in [0.15, 0.2) is 5.75 Å². The van der Waals surface area contributed by atoms with Crippen molar-refractivity contribution in [3.05, 3.63) is 26.0 Å². The molecule has 0 spiro atoms. The average molecular weight is 199 g/mol. The van der Waals surface area contributed by atoms with Gasteiger partial charge in [0.2, 0.25) is 5.43 Å². The Morgan fingerprint density at radius 1 is 1.36 bits per heavy atom. The maximum absolute atomic E-state index is 10.8. The van der Waals surface area contributed by atoms with Crippen molar-refractivity contribution in [2.24, 2.45) is 5.73 Å². The van der Waals surface area contributed by atoms with Crippen LogP contribution >= 0.6 is 0 Å². The van der Waals surface area contributed by atoms with E-state index >= 15 is 0 Å². The Morgan fingerprint density at radius 3 is 2.36 bits per heavy atom. The molecule has 0 bridgehead atoms. The van der Waals surface area contributed by atoms with E-state index in [1.807, 2.05) is 0 Å². The molecule has 14 heavy (non-hydrogen) atoms. The van der Waals surface area contributed by atoms with E-state index in [0.717, 1.165) is 0 Å². The zero-order valence-corrected chi connectivity index (χ0v) is 7.19. The van der Waals surface area contributed by atoms with Crippen molar-refractivity contribution in [2.45, 2.75) is 18.9 Å². The zero-order valence-electron chi connectivity index (χ0n) is 7.19. The van der Waals surface area contributed by atoms with Crippen LogP contribution in [0.15, 0.2) is 9.59 Å². The minimum absolute atomic E-state index is 0.0177. The van der Waals surface area contributed by atoms with Gasteiger partial charge in [-0.05, 0) is 12.8 Å². The van der Waals surface area contributed by atoms with Gasteiger partial charge in [0.05, 0.1) is 0 Å². The molecule has 0 aliphatic carbocycles. The molecule has 6 nitrogen and oxygen atoms in total. The second-order valence-corrected chi connectivity index (χ2v) is 2.97. The summed E-state index contributed by atoms with van der Waals surface area (Å²) in [6.45, 7) is 0. The van der Waals surface area contributed by atoms with Crippen LogP contribution in [0.5, 0.6) is 5.75 Å². The van der Waals surface area contributed by atoms with Gasteiger partial charge in [-0.1, -0.05) is 0 Å². The summed E-state index contributed by atoms with van der Waals surface area (Å²) in [4.78, 5) is 31.6. The lowest BCUT2D eigenvalue weighted by molar-refractivity contribution is -0.138. The van der Waals surface area contributed by atoms with E-state index in [-0.39, 0.29) is 18.4 Å². The normalized spacial score (nSPS) is 12.9. The van der Waals surface area contributed by atoms with Crippen molar-refractivity contribution in [3.8, 4) is 5.75 Å². The van der Waals surface area contributed by atoms with Gasteiger partial charge in [0.1, 0.15) is 6.04 Å². The Kier molecular flexibility index (Phi) is 2.66. The Morgan fingerprint density at radius 2 is 1.93 bits per heavy atom. The molecule has 6 heteroatoms. The minimum Gasteiger partial charge on any atom is -0.504 e. The first-order valence-corrected chi connectivity index (χ1v) is 3.94. The summed E-state index contributed by atoms with van der Waals surface area (Å²) in [6, 6.07) is -1.08. The highest BCUT2D eigenvalue weighted by Gasteiger charge is 2.21. The fraction of sp³-hybridized carbons (Fsp3) is 0.375. The largest absolute Gasteiger partial charge is 0.504 e. The van der Waals surface area contributed by atoms with E-state index in [1.165, 1.54) is 0 Å². The zero-order chi connectivity index (χ0) is 10.9. The van der Waals surface area contributed by atoms with Crippen molar-refractivity contribution in [1.29, 1.82) is 0 Å².